The second-order valence-electron chi connectivity index (χ2n) is 3.96. The van der Waals surface area contributed by atoms with Crippen molar-refractivity contribution in [2.24, 2.45) is 5.73 Å². The first-order valence-corrected chi connectivity index (χ1v) is 5.45. The average Bonchev–Trinajstić information content (AvgIpc) is 2.71. The van der Waals surface area contributed by atoms with Crippen molar-refractivity contribution in [3.63, 3.8) is 0 Å². The molecular weight excluding hydrogens is 216 g/mol. The van der Waals surface area contributed by atoms with E-state index in [1.54, 1.807) is 11.8 Å². The van der Waals surface area contributed by atoms with Gasteiger partial charge in [0.15, 0.2) is 0 Å². The maximum atomic E-state index is 5.82. The summed E-state index contributed by atoms with van der Waals surface area (Å²) in [6, 6.07) is 7.56. The molecule has 2 N–H and O–H groups in total. The molecule has 0 amide bonds. The van der Waals surface area contributed by atoms with Gasteiger partial charge in [-0.25, -0.2) is 4.68 Å². The van der Waals surface area contributed by atoms with Crippen LogP contribution in [0.5, 0.6) is 5.75 Å². The van der Waals surface area contributed by atoms with E-state index >= 15 is 0 Å². The second kappa shape index (κ2) is 4.55. The Morgan fingerprint density at radius 2 is 2.18 bits per heavy atom. The minimum Gasteiger partial charge on any atom is -0.497 e. The second-order valence-corrected chi connectivity index (χ2v) is 3.96. The van der Waals surface area contributed by atoms with Crippen LogP contribution in [0, 0.1) is 6.92 Å². The number of hydrogen-bond acceptors (Lipinski definition) is 4. The van der Waals surface area contributed by atoms with E-state index in [1.165, 1.54) is 0 Å². The van der Waals surface area contributed by atoms with Gasteiger partial charge >= 0.3 is 0 Å². The molecule has 0 spiro atoms. The number of nitrogens with two attached hydrogens (primary N) is 1. The SMILES string of the molecule is COc1cccc(-n2nnc(C(C)N)c2C)c1. The first-order valence-electron chi connectivity index (χ1n) is 5.45. The number of nitrogens with zero attached hydrogens (tertiary/aromatic N) is 3. The van der Waals surface area contributed by atoms with Gasteiger partial charge in [-0.1, -0.05) is 11.3 Å². The zero-order chi connectivity index (χ0) is 12.4. The van der Waals surface area contributed by atoms with E-state index in [2.05, 4.69) is 10.3 Å². The Balaban J connectivity index is 2.46. The molecule has 0 saturated carbocycles. The fourth-order valence-electron chi connectivity index (χ4n) is 1.75. The summed E-state index contributed by atoms with van der Waals surface area (Å²) in [5, 5.41) is 8.21. The highest BCUT2D eigenvalue weighted by molar-refractivity contribution is 5.40. The first kappa shape index (κ1) is 11.6. The third kappa shape index (κ3) is 2.14. The fraction of sp³-hybridized carbons (Fsp3) is 0.333. The van der Waals surface area contributed by atoms with Crippen LogP contribution in [-0.4, -0.2) is 22.1 Å². The van der Waals surface area contributed by atoms with Crippen molar-refractivity contribution in [2.45, 2.75) is 19.9 Å². The van der Waals surface area contributed by atoms with Crippen molar-refractivity contribution in [1.29, 1.82) is 0 Å². The molecule has 5 heteroatoms. The van der Waals surface area contributed by atoms with E-state index in [0.717, 1.165) is 22.8 Å². The highest BCUT2D eigenvalue weighted by Gasteiger charge is 2.13. The molecule has 1 atom stereocenters. The molecule has 5 nitrogen and oxygen atoms in total. The predicted molar refractivity (Wildman–Crippen MR) is 65.3 cm³/mol. The number of hydrogen-bond donors (Lipinski definition) is 1. The van der Waals surface area contributed by atoms with E-state index in [9.17, 15) is 0 Å². The van der Waals surface area contributed by atoms with Gasteiger partial charge in [0.1, 0.15) is 11.4 Å². The van der Waals surface area contributed by atoms with E-state index in [1.807, 2.05) is 38.1 Å². The topological polar surface area (TPSA) is 66.0 Å². The van der Waals surface area contributed by atoms with Crippen LogP contribution >= 0.6 is 0 Å². The van der Waals surface area contributed by atoms with Crippen molar-refractivity contribution < 1.29 is 4.74 Å². The minimum atomic E-state index is -0.116. The van der Waals surface area contributed by atoms with Gasteiger partial charge < -0.3 is 10.5 Å². The van der Waals surface area contributed by atoms with Crippen LogP contribution in [0.2, 0.25) is 0 Å². The van der Waals surface area contributed by atoms with Crippen LogP contribution in [-0.2, 0) is 0 Å². The maximum absolute atomic E-state index is 5.82. The highest BCUT2D eigenvalue weighted by atomic mass is 16.5. The molecule has 2 rings (SSSR count). The monoisotopic (exact) mass is 232 g/mol. The fourth-order valence-corrected chi connectivity index (χ4v) is 1.75. The van der Waals surface area contributed by atoms with E-state index in [0.29, 0.717) is 0 Å². The Morgan fingerprint density at radius 3 is 2.76 bits per heavy atom. The van der Waals surface area contributed by atoms with Gasteiger partial charge in [0.05, 0.1) is 18.5 Å². The Bertz CT molecular complexity index is 519. The lowest BCUT2D eigenvalue weighted by molar-refractivity contribution is 0.414. The lowest BCUT2D eigenvalue weighted by Crippen LogP contribution is -2.08. The van der Waals surface area contributed by atoms with Gasteiger partial charge in [0, 0.05) is 12.1 Å². The zero-order valence-corrected chi connectivity index (χ0v) is 10.2. The van der Waals surface area contributed by atoms with Crippen LogP contribution in [0.25, 0.3) is 5.69 Å². The summed E-state index contributed by atoms with van der Waals surface area (Å²) >= 11 is 0. The number of methoxy groups -OCH3 is 1. The third-order valence-corrected chi connectivity index (χ3v) is 2.66. The smallest absolute Gasteiger partial charge is 0.121 e. The Hall–Kier alpha value is -1.88. The number of benzene rings is 1. The maximum Gasteiger partial charge on any atom is 0.121 e. The number of aromatic nitrogens is 3. The van der Waals surface area contributed by atoms with Crippen LogP contribution < -0.4 is 10.5 Å². The third-order valence-electron chi connectivity index (χ3n) is 2.66. The molecule has 17 heavy (non-hydrogen) atoms. The molecule has 0 radical (unpaired) electrons. The normalized spacial score (nSPS) is 12.5. The largest absolute Gasteiger partial charge is 0.497 e. The molecule has 2 aromatic rings. The summed E-state index contributed by atoms with van der Waals surface area (Å²) in [6.07, 6.45) is 0. The van der Waals surface area contributed by atoms with Gasteiger partial charge in [0.25, 0.3) is 0 Å². The molecular formula is C12H16N4O. The summed E-state index contributed by atoms with van der Waals surface area (Å²) < 4.78 is 6.95. The Morgan fingerprint density at radius 1 is 1.41 bits per heavy atom. The molecule has 90 valence electrons. The van der Waals surface area contributed by atoms with Crippen molar-refractivity contribution in [3.8, 4) is 11.4 Å². The first-order chi connectivity index (χ1) is 8.13. The van der Waals surface area contributed by atoms with Crippen molar-refractivity contribution in [3.05, 3.63) is 35.7 Å². The number of rotatable bonds is 3. The van der Waals surface area contributed by atoms with Gasteiger partial charge in [-0.05, 0) is 26.0 Å². The van der Waals surface area contributed by atoms with Gasteiger partial charge in [-0.3, -0.25) is 0 Å². The lowest BCUT2D eigenvalue weighted by atomic mass is 10.2. The lowest BCUT2D eigenvalue weighted by Gasteiger charge is -2.06. The molecule has 0 aliphatic heterocycles. The predicted octanol–water partition coefficient (Wildman–Crippen LogP) is 1.60. The van der Waals surface area contributed by atoms with Crippen molar-refractivity contribution >= 4 is 0 Å². The average molecular weight is 232 g/mol. The van der Waals surface area contributed by atoms with Gasteiger partial charge in [-0.2, -0.15) is 0 Å². The number of ether oxygens (including phenoxy) is 1. The Labute approximate surface area is 100 Å². The van der Waals surface area contributed by atoms with E-state index in [4.69, 9.17) is 10.5 Å². The molecule has 1 aromatic carbocycles. The Kier molecular flexibility index (Phi) is 3.10. The van der Waals surface area contributed by atoms with E-state index in [-0.39, 0.29) is 6.04 Å². The molecule has 0 bridgehead atoms. The zero-order valence-electron chi connectivity index (χ0n) is 10.2. The highest BCUT2D eigenvalue weighted by Crippen LogP contribution is 2.19. The summed E-state index contributed by atoms with van der Waals surface area (Å²) in [7, 11) is 1.64. The van der Waals surface area contributed by atoms with E-state index < -0.39 is 0 Å². The summed E-state index contributed by atoms with van der Waals surface area (Å²) in [4.78, 5) is 0. The molecule has 0 saturated heterocycles. The molecule has 0 aliphatic carbocycles. The molecule has 1 unspecified atom stereocenters. The van der Waals surface area contributed by atoms with Crippen LogP contribution in [0.3, 0.4) is 0 Å². The minimum absolute atomic E-state index is 0.116. The quantitative estimate of drug-likeness (QED) is 0.873. The van der Waals surface area contributed by atoms with Crippen molar-refractivity contribution in [2.75, 3.05) is 7.11 Å². The van der Waals surface area contributed by atoms with Crippen LogP contribution in [0.15, 0.2) is 24.3 Å². The molecule has 1 heterocycles. The molecule has 0 fully saturated rings. The van der Waals surface area contributed by atoms with Gasteiger partial charge in [-0.15, -0.1) is 5.10 Å². The molecule has 0 aliphatic rings. The van der Waals surface area contributed by atoms with Crippen molar-refractivity contribution in [1.82, 2.24) is 15.0 Å². The van der Waals surface area contributed by atoms with Crippen LogP contribution in [0.1, 0.15) is 24.4 Å². The standard InChI is InChI=1S/C12H16N4O/c1-8(13)12-9(2)16(15-14-12)10-5-4-6-11(7-10)17-3/h4-8H,13H2,1-3H3. The molecule has 1 aromatic heterocycles. The summed E-state index contributed by atoms with van der Waals surface area (Å²) in [6.45, 7) is 3.85. The summed E-state index contributed by atoms with van der Waals surface area (Å²) in [5.41, 5.74) is 8.50. The van der Waals surface area contributed by atoms with Gasteiger partial charge in [0.2, 0.25) is 0 Å². The summed E-state index contributed by atoms with van der Waals surface area (Å²) in [5.74, 6) is 0.791. The van der Waals surface area contributed by atoms with Crippen LogP contribution in [0.4, 0.5) is 0 Å².